The van der Waals surface area contributed by atoms with Crippen molar-refractivity contribution in [1.82, 2.24) is 0 Å². The fourth-order valence-electron chi connectivity index (χ4n) is 2.88. The molecule has 3 nitrogen and oxygen atoms in total. The van der Waals surface area contributed by atoms with Gasteiger partial charge in [-0.2, -0.15) is 0 Å². The first-order valence-corrected chi connectivity index (χ1v) is 6.52. The molecule has 0 saturated heterocycles. The van der Waals surface area contributed by atoms with Crippen LogP contribution in [0.25, 0.3) is 0 Å². The SMILES string of the molecule is CCCC1CCC(O)C(CC(O)COC)C1. The van der Waals surface area contributed by atoms with Gasteiger partial charge < -0.3 is 14.9 Å². The summed E-state index contributed by atoms with van der Waals surface area (Å²) in [4.78, 5) is 0. The summed E-state index contributed by atoms with van der Waals surface area (Å²) in [6, 6.07) is 0. The predicted octanol–water partition coefficient (Wildman–Crippen LogP) is 1.96. The summed E-state index contributed by atoms with van der Waals surface area (Å²) in [6.45, 7) is 2.58. The van der Waals surface area contributed by atoms with Crippen molar-refractivity contribution in [3.05, 3.63) is 0 Å². The highest BCUT2D eigenvalue weighted by Crippen LogP contribution is 2.34. The van der Waals surface area contributed by atoms with Crippen molar-refractivity contribution in [2.75, 3.05) is 13.7 Å². The van der Waals surface area contributed by atoms with Crippen LogP contribution in [0.4, 0.5) is 0 Å². The molecule has 0 heterocycles. The van der Waals surface area contributed by atoms with Crippen LogP contribution in [-0.4, -0.2) is 36.1 Å². The van der Waals surface area contributed by atoms with Gasteiger partial charge in [-0.15, -0.1) is 0 Å². The minimum absolute atomic E-state index is 0.223. The molecule has 1 aliphatic rings. The molecular weight excluding hydrogens is 204 g/mol. The Morgan fingerprint density at radius 3 is 2.75 bits per heavy atom. The zero-order chi connectivity index (χ0) is 12.0. The van der Waals surface area contributed by atoms with Crippen molar-refractivity contribution < 1.29 is 14.9 Å². The summed E-state index contributed by atoms with van der Waals surface area (Å²) in [7, 11) is 1.60. The lowest BCUT2D eigenvalue weighted by molar-refractivity contribution is -0.00600. The fraction of sp³-hybridized carbons (Fsp3) is 1.00. The van der Waals surface area contributed by atoms with Gasteiger partial charge in [0.2, 0.25) is 0 Å². The van der Waals surface area contributed by atoms with Crippen LogP contribution in [0.15, 0.2) is 0 Å². The molecule has 2 N–H and O–H groups in total. The van der Waals surface area contributed by atoms with Gasteiger partial charge in [0, 0.05) is 7.11 Å². The Morgan fingerprint density at radius 2 is 2.12 bits per heavy atom. The molecule has 4 unspecified atom stereocenters. The van der Waals surface area contributed by atoms with E-state index in [1.807, 2.05) is 0 Å². The highest BCUT2D eigenvalue weighted by molar-refractivity contribution is 4.81. The molecule has 0 amide bonds. The van der Waals surface area contributed by atoms with Crippen LogP contribution < -0.4 is 0 Å². The lowest BCUT2D eigenvalue weighted by Crippen LogP contribution is -2.33. The van der Waals surface area contributed by atoms with E-state index in [0.29, 0.717) is 13.0 Å². The van der Waals surface area contributed by atoms with Crippen LogP contribution >= 0.6 is 0 Å². The van der Waals surface area contributed by atoms with Crippen molar-refractivity contribution in [2.24, 2.45) is 11.8 Å². The summed E-state index contributed by atoms with van der Waals surface area (Å²) >= 11 is 0. The van der Waals surface area contributed by atoms with Gasteiger partial charge in [-0.25, -0.2) is 0 Å². The van der Waals surface area contributed by atoms with E-state index in [-0.39, 0.29) is 12.0 Å². The van der Waals surface area contributed by atoms with E-state index in [2.05, 4.69) is 6.92 Å². The third-order valence-corrected chi connectivity index (χ3v) is 3.68. The second-order valence-corrected chi connectivity index (χ2v) is 5.14. The van der Waals surface area contributed by atoms with Gasteiger partial charge in [0.15, 0.2) is 0 Å². The summed E-state index contributed by atoms with van der Waals surface area (Å²) in [5.74, 6) is 1.00. The summed E-state index contributed by atoms with van der Waals surface area (Å²) in [5.41, 5.74) is 0. The average molecular weight is 230 g/mol. The molecule has 3 heteroatoms. The van der Waals surface area contributed by atoms with Gasteiger partial charge in [0.25, 0.3) is 0 Å². The van der Waals surface area contributed by atoms with Crippen molar-refractivity contribution in [3.63, 3.8) is 0 Å². The molecule has 4 atom stereocenters. The number of rotatable bonds is 6. The van der Waals surface area contributed by atoms with Crippen molar-refractivity contribution in [2.45, 2.75) is 57.7 Å². The normalized spacial score (nSPS) is 32.6. The topological polar surface area (TPSA) is 49.7 Å². The summed E-state index contributed by atoms with van der Waals surface area (Å²) < 4.78 is 4.92. The van der Waals surface area contributed by atoms with Crippen LogP contribution in [0.3, 0.4) is 0 Å². The maximum absolute atomic E-state index is 9.92. The number of aliphatic hydroxyl groups excluding tert-OH is 2. The van der Waals surface area contributed by atoms with Crippen LogP contribution in [0, 0.1) is 11.8 Å². The Kier molecular flexibility index (Phi) is 6.32. The lowest BCUT2D eigenvalue weighted by atomic mass is 9.75. The average Bonchev–Trinajstić information content (AvgIpc) is 2.24. The minimum Gasteiger partial charge on any atom is -0.393 e. The first kappa shape index (κ1) is 13.9. The summed E-state index contributed by atoms with van der Waals surface area (Å²) in [6.07, 6.45) is 5.61. The minimum atomic E-state index is -0.426. The zero-order valence-corrected chi connectivity index (χ0v) is 10.6. The highest BCUT2D eigenvalue weighted by Gasteiger charge is 2.30. The van der Waals surface area contributed by atoms with Crippen LogP contribution in [0.1, 0.15) is 45.4 Å². The van der Waals surface area contributed by atoms with E-state index in [0.717, 1.165) is 25.2 Å². The molecule has 0 aromatic carbocycles. The van der Waals surface area contributed by atoms with Crippen molar-refractivity contribution in [3.8, 4) is 0 Å². The van der Waals surface area contributed by atoms with E-state index in [1.54, 1.807) is 7.11 Å². The van der Waals surface area contributed by atoms with Gasteiger partial charge in [0.1, 0.15) is 0 Å². The molecule has 0 aromatic rings. The molecule has 1 aliphatic carbocycles. The van der Waals surface area contributed by atoms with Crippen LogP contribution in [-0.2, 0) is 4.74 Å². The smallest absolute Gasteiger partial charge is 0.0777 e. The molecule has 0 radical (unpaired) electrons. The van der Waals surface area contributed by atoms with Crippen LogP contribution in [0.2, 0.25) is 0 Å². The second kappa shape index (κ2) is 7.25. The third-order valence-electron chi connectivity index (χ3n) is 3.68. The first-order chi connectivity index (χ1) is 7.67. The quantitative estimate of drug-likeness (QED) is 0.733. The Morgan fingerprint density at radius 1 is 1.38 bits per heavy atom. The van der Waals surface area contributed by atoms with Crippen molar-refractivity contribution >= 4 is 0 Å². The summed E-state index contributed by atoms with van der Waals surface area (Å²) in [5, 5.41) is 19.6. The first-order valence-electron chi connectivity index (χ1n) is 6.52. The molecule has 16 heavy (non-hydrogen) atoms. The van der Waals surface area contributed by atoms with Gasteiger partial charge in [-0.05, 0) is 37.5 Å². The Hall–Kier alpha value is -0.120. The molecule has 96 valence electrons. The monoisotopic (exact) mass is 230 g/mol. The highest BCUT2D eigenvalue weighted by atomic mass is 16.5. The number of hydrogen-bond donors (Lipinski definition) is 2. The standard InChI is InChI=1S/C13H26O3/c1-3-4-10-5-6-13(15)11(7-10)8-12(14)9-16-2/h10-15H,3-9H2,1-2H3. The largest absolute Gasteiger partial charge is 0.393 e. The molecule has 1 rings (SSSR count). The predicted molar refractivity (Wildman–Crippen MR) is 64.2 cm³/mol. The number of aliphatic hydroxyl groups is 2. The maximum atomic E-state index is 9.92. The molecule has 0 aromatic heterocycles. The molecule has 0 aliphatic heterocycles. The van der Waals surface area contributed by atoms with Gasteiger partial charge >= 0.3 is 0 Å². The molecular formula is C13H26O3. The number of methoxy groups -OCH3 is 1. The third kappa shape index (κ3) is 4.40. The zero-order valence-electron chi connectivity index (χ0n) is 10.6. The number of ether oxygens (including phenoxy) is 1. The Bertz CT molecular complexity index is 182. The maximum Gasteiger partial charge on any atom is 0.0777 e. The Balaban J connectivity index is 2.36. The van der Waals surface area contributed by atoms with E-state index in [4.69, 9.17) is 4.74 Å². The molecule has 1 saturated carbocycles. The van der Waals surface area contributed by atoms with Gasteiger partial charge in [-0.3, -0.25) is 0 Å². The lowest BCUT2D eigenvalue weighted by Gasteiger charge is -2.34. The molecule has 0 spiro atoms. The number of hydrogen-bond acceptors (Lipinski definition) is 3. The van der Waals surface area contributed by atoms with Gasteiger partial charge in [0.05, 0.1) is 18.8 Å². The van der Waals surface area contributed by atoms with E-state index < -0.39 is 6.10 Å². The molecule has 0 bridgehead atoms. The van der Waals surface area contributed by atoms with Gasteiger partial charge in [-0.1, -0.05) is 19.8 Å². The van der Waals surface area contributed by atoms with E-state index >= 15 is 0 Å². The van der Waals surface area contributed by atoms with E-state index in [1.165, 1.54) is 12.8 Å². The van der Waals surface area contributed by atoms with E-state index in [9.17, 15) is 10.2 Å². The van der Waals surface area contributed by atoms with Crippen molar-refractivity contribution in [1.29, 1.82) is 0 Å². The molecule has 1 fully saturated rings. The Labute approximate surface area is 98.8 Å². The fourth-order valence-corrected chi connectivity index (χ4v) is 2.88. The second-order valence-electron chi connectivity index (χ2n) is 5.14. The van der Waals surface area contributed by atoms with Crippen LogP contribution in [0.5, 0.6) is 0 Å².